The van der Waals surface area contributed by atoms with Gasteiger partial charge in [-0.25, -0.2) is 0 Å². The minimum Gasteiger partial charge on any atom is -0.490 e. The van der Waals surface area contributed by atoms with Gasteiger partial charge >= 0.3 is 0 Å². The number of ether oxygens (including phenoxy) is 3. The van der Waals surface area contributed by atoms with Crippen LogP contribution in [0.15, 0.2) is 6.07 Å². The number of fused-ring (bicyclic) bond motifs is 1. The van der Waals surface area contributed by atoms with Crippen molar-refractivity contribution in [1.29, 1.82) is 0 Å². The lowest BCUT2D eigenvalue weighted by Crippen LogP contribution is -2.26. The molecule has 2 heterocycles. The highest BCUT2D eigenvalue weighted by Gasteiger charge is 2.26. The zero-order valence-corrected chi connectivity index (χ0v) is 10.7. The highest BCUT2D eigenvalue weighted by Crippen LogP contribution is 2.37. The van der Waals surface area contributed by atoms with Gasteiger partial charge in [0.25, 0.3) is 0 Å². The molecule has 1 saturated heterocycles. The summed E-state index contributed by atoms with van der Waals surface area (Å²) < 4.78 is 16.6. The Morgan fingerprint density at radius 1 is 1.39 bits per heavy atom. The van der Waals surface area contributed by atoms with E-state index >= 15 is 0 Å². The summed E-state index contributed by atoms with van der Waals surface area (Å²) in [5, 5.41) is 9.65. The molecule has 2 atom stereocenters. The molecule has 0 aliphatic carbocycles. The molecule has 3 rings (SSSR count). The maximum absolute atomic E-state index is 9.65. The van der Waals surface area contributed by atoms with Crippen molar-refractivity contribution in [2.24, 2.45) is 0 Å². The summed E-state index contributed by atoms with van der Waals surface area (Å²) in [6.07, 6.45) is 0.513. The van der Waals surface area contributed by atoms with E-state index in [1.54, 1.807) is 0 Å². The van der Waals surface area contributed by atoms with E-state index in [-0.39, 0.29) is 6.10 Å². The Balaban J connectivity index is 1.89. The van der Waals surface area contributed by atoms with Gasteiger partial charge in [-0.1, -0.05) is 0 Å². The summed E-state index contributed by atoms with van der Waals surface area (Å²) in [5.41, 5.74) is 3.23. The Kier molecular flexibility index (Phi) is 2.92. The molecule has 4 heteroatoms. The molecule has 18 heavy (non-hydrogen) atoms. The first-order valence-corrected chi connectivity index (χ1v) is 6.33. The van der Waals surface area contributed by atoms with Gasteiger partial charge in [0, 0.05) is 17.5 Å². The Morgan fingerprint density at radius 2 is 2.17 bits per heavy atom. The Hall–Kier alpha value is -1.26. The summed E-state index contributed by atoms with van der Waals surface area (Å²) >= 11 is 0. The molecule has 98 valence electrons. The monoisotopic (exact) mass is 250 g/mol. The minimum absolute atomic E-state index is 0.253. The standard InChI is InChI=1S/C14H18O4/c1-8-3-13(17-7-11-6-16-11)9(2)14-12(8)4-10(15)5-18-14/h3,10-11,15H,4-7H2,1-2H3. The van der Waals surface area contributed by atoms with Crippen LogP contribution in [0.3, 0.4) is 0 Å². The summed E-state index contributed by atoms with van der Waals surface area (Å²) in [7, 11) is 0. The third-order valence-corrected chi connectivity index (χ3v) is 3.49. The van der Waals surface area contributed by atoms with Crippen LogP contribution in [-0.2, 0) is 11.2 Å². The predicted molar refractivity (Wildman–Crippen MR) is 66.4 cm³/mol. The second kappa shape index (κ2) is 4.44. The van der Waals surface area contributed by atoms with Gasteiger partial charge in [-0.2, -0.15) is 0 Å². The molecule has 0 amide bonds. The molecule has 1 aromatic rings. The fraction of sp³-hybridized carbons (Fsp3) is 0.571. The van der Waals surface area contributed by atoms with Gasteiger partial charge in [0.1, 0.15) is 30.8 Å². The van der Waals surface area contributed by atoms with E-state index < -0.39 is 6.10 Å². The van der Waals surface area contributed by atoms with Gasteiger partial charge in [-0.3, -0.25) is 0 Å². The molecule has 2 aliphatic heterocycles. The fourth-order valence-electron chi connectivity index (χ4n) is 2.33. The van der Waals surface area contributed by atoms with Gasteiger partial charge in [-0.15, -0.1) is 0 Å². The van der Waals surface area contributed by atoms with Gasteiger partial charge in [0.15, 0.2) is 0 Å². The molecule has 0 radical (unpaired) electrons. The van der Waals surface area contributed by atoms with E-state index in [0.717, 1.165) is 34.8 Å². The maximum Gasteiger partial charge on any atom is 0.129 e. The molecule has 1 fully saturated rings. The van der Waals surface area contributed by atoms with Crippen LogP contribution in [0.1, 0.15) is 16.7 Å². The Labute approximate surface area is 106 Å². The van der Waals surface area contributed by atoms with Crippen LogP contribution in [0.5, 0.6) is 11.5 Å². The van der Waals surface area contributed by atoms with Gasteiger partial charge in [0.05, 0.1) is 12.7 Å². The summed E-state index contributed by atoms with van der Waals surface area (Å²) in [4.78, 5) is 0. The molecular weight excluding hydrogens is 232 g/mol. The molecule has 0 spiro atoms. The maximum atomic E-state index is 9.65. The van der Waals surface area contributed by atoms with Gasteiger partial charge in [-0.05, 0) is 25.5 Å². The van der Waals surface area contributed by atoms with Crippen LogP contribution in [0.4, 0.5) is 0 Å². The quantitative estimate of drug-likeness (QED) is 0.823. The van der Waals surface area contributed by atoms with E-state index in [9.17, 15) is 5.11 Å². The number of epoxide rings is 1. The first-order valence-electron chi connectivity index (χ1n) is 6.33. The van der Waals surface area contributed by atoms with Gasteiger partial charge < -0.3 is 19.3 Å². The normalized spacial score (nSPS) is 25.3. The molecule has 0 saturated carbocycles. The molecule has 1 aromatic carbocycles. The topological polar surface area (TPSA) is 51.2 Å². The lowest BCUT2D eigenvalue weighted by atomic mass is 9.96. The van der Waals surface area contributed by atoms with E-state index in [1.165, 1.54) is 0 Å². The summed E-state index contributed by atoms with van der Waals surface area (Å²) in [6, 6.07) is 2.03. The zero-order chi connectivity index (χ0) is 12.7. The van der Waals surface area contributed by atoms with E-state index in [1.807, 2.05) is 19.9 Å². The largest absolute Gasteiger partial charge is 0.490 e. The van der Waals surface area contributed by atoms with Crippen LogP contribution in [0.25, 0.3) is 0 Å². The average Bonchev–Trinajstić information content (AvgIpc) is 3.16. The van der Waals surface area contributed by atoms with Crippen LogP contribution in [0, 0.1) is 13.8 Å². The molecule has 2 aliphatic rings. The average molecular weight is 250 g/mol. The van der Waals surface area contributed by atoms with Crippen molar-refractivity contribution >= 4 is 0 Å². The van der Waals surface area contributed by atoms with Crippen LogP contribution >= 0.6 is 0 Å². The van der Waals surface area contributed by atoms with E-state index in [4.69, 9.17) is 14.2 Å². The van der Waals surface area contributed by atoms with Crippen molar-refractivity contribution in [3.05, 3.63) is 22.8 Å². The minimum atomic E-state index is -0.401. The number of aliphatic hydroxyl groups excluding tert-OH is 1. The van der Waals surface area contributed by atoms with Crippen LogP contribution < -0.4 is 9.47 Å². The molecule has 2 unspecified atom stereocenters. The van der Waals surface area contributed by atoms with Crippen molar-refractivity contribution in [2.45, 2.75) is 32.5 Å². The second-order valence-corrected chi connectivity index (χ2v) is 5.06. The van der Waals surface area contributed by atoms with Crippen LogP contribution in [-0.4, -0.2) is 37.1 Å². The Bertz CT molecular complexity index is 465. The smallest absolute Gasteiger partial charge is 0.129 e. The third kappa shape index (κ3) is 2.18. The number of aliphatic hydroxyl groups is 1. The number of rotatable bonds is 3. The van der Waals surface area contributed by atoms with Gasteiger partial charge in [0.2, 0.25) is 0 Å². The van der Waals surface area contributed by atoms with Crippen molar-refractivity contribution in [3.63, 3.8) is 0 Å². The third-order valence-electron chi connectivity index (χ3n) is 3.49. The van der Waals surface area contributed by atoms with E-state index in [2.05, 4.69) is 0 Å². The van der Waals surface area contributed by atoms with E-state index in [0.29, 0.717) is 19.6 Å². The highest BCUT2D eigenvalue weighted by atomic mass is 16.6. The molecular formula is C14H18O4. The highest BCUT2D eigenvalue weighted by molar-refractivity contribution is 5.54. The molecule has 0 bridgehead atoms. The number of hydrogen-bond acceptors (Lipinski definition) is 4. The lowest BCUT2D eigenvalue weighted by Gasteiger charge is -2.26. The molecule has 1 N–H and O–H groups in total. The van der Waals surface area contributed by atoms with Crippen molar-refractivity contribution in [2.75, 3.05) is 19.8 Å². The lowest BCUT2D eigenvalue weighted by molar-refractivity contribution is 0.0909. The number of hydrogen-bond donors (Lipinski definition) is 1. The van der Waals surface area contributed by atoms with Crippen molar-refractivity contribution < 1.29 is 19.3 Å². The van der Waals surface area contributed by atoms with Crippen molar-refractivity contribution in [3.8, 4) is 11.5 Å². The number of benzene rings is 1. The summed E-state index contributed by atoms with van der Waals surface area (Å²) in [5.74, 6) is 1.74. The first kappa shape index (κ1) is 11.8. The number of aryl methyl sites for hydroxylation is 1. The Morgan fingerprint density at radius 3 is 2.89 bits per heavy atom. The van der Waals surface area contributed by atoms with Crippen molar-refractivity contribution in [1.82, 2.24) is 0 Å². The van der Waals surface area contributed by atoms with Crippen LogP contribution in [0.2, 0.25) is 0 Å². The summed E-state index contributed by atoms with van der Waals surface area (Å²) in [6.45, 7) is 5.79. The SMILES string of the molecule is Cc1cc(OCC2CO2)c(C)c2c1CC(O)CO2. The zero-order valence-electron chi connectivity index (χ0n) is 10.7. The predicted octanol–water partition coefficient (Wildman–Crippen LogP) is 1.38. The fourth-order valence-corrected chi connectivity index (χ4v) is 2.33. The molecule has 0 aromatic heterocycles. The first-order chi connectivity index (χ1) is 8.65. The second-order valence-electron chi connectivity index (χ2n) is 5.06. The molecule has 4 nitrogen and oxygen atoms in total.